The lowest BCUT2D eigenvalue weighted by Crippen LogP contribution is -2.24. The van der Waals surface area contributed by atoms with Crippen LogP contribution in [0.1, 0.15) is 28.2 Å². The van der Waals surface area contributed by atoms with Crippen LogP contribution in [0.15, 0.2) is 28.7 Å². The van der Waals surface area contributed by atoms with Crippen molar-refractivity contribution in [2.24, 2.45) is 0 Å². The molecule has 22 heavy (non-hydrogen) atoms. The number of para-hydroxylation sites is 1. The van der Waals surface area contributed by atoms with Crippen LogP contribution in [-0.4, -0.2) is 22.6 Å². The largest absolute Gasteiger partial charge is 0.475 e. The van der Waals surface area contributed by atoms with E-state index in [1.165, 1.54) is 4.90 Å². The van der Waals surface area contributed by atoms with Crippen molar-refractivity contribution in [3.05, 3.63) is 41.3 Å². The zero-order valence-electron chi connectivity index (χ0n) is 11.2. The first-order valence-electron chi connectivity index (χ1n) is 6.54. The summed E-state index contributed by atoms with van der Waals surface area (Å²) in [5.74, 6) is -2.98. The number of carboxylic acid groups (broad SMARTS) is 1. The van der Waals surface area contributed by atoms with Gasteiger partial charge in [-0.2, -0.15) is 18.2 Å². The Morgan fingerprint density at radius 2 is 2.05 bits per heavy atom. The summed E-state index contributed by atoms with van der Waals surface area (Å²) in [5.41, 5.74) is 0.121. The Kier molecular flexibility index (Phi) is 3.31. The number of nitrogens with zero attached hydrogens (tertiary/aromatic N) is 2. The van der Waals surface area contributed by atoms with Crippen molar-refractivity contribution in [3.8, 4) is 0 Å². The molecule has 2 aromatic rings. The molecule has 5 nitrogen and oxygen atoms in total. The van der Waals surface area contributed by atoms with Gasteiger partial charge in [0.25, 0.3) is 0 Å². The minimum Gasteiger partial charge on any atom is -0.475 e. The fourth-order valence-electron chi connectivity index (χ4n) is 2.49. The molecule has 1 aliphatic heterocycles. The molecular formula is C14H11F3N2O3. The number of aryl methyl sites for hydroxylation is 1. The molecule has 1 aromatic carbocycles. The maximum atomic E-state index is 12.9. The monoisotopic (exact) mass is 312 g/mol. The molecule has 0 spiro atoms. The number of halogens is 3. The molecule has 1 aromatic heterocycles. The predicted octanol–water partition coefficient (Wildman–Crippen LogP) is 3.48. The number of oxazole rings is 1. The first-order chi connectivity index (χ1) is 10.4. The number of alkyl halides is 3. The molecule has 0 atom stereocenters. The second-order valence-electron chi connectivity index (χ2n) is 4.86. The highest BCUT2D eigenvalue weighted by Gasteiger charge is 2.42. The minimum atomic E-state index is -4.88. The van der Waals surface area contributed by atoms with Crippen LogP contribution in [0.2, 0.25) is 0 Å². The van der Waals surface area contributed by atoms with E-state index in [0.29, 0.717) is 18.7 Å². The van der Waals surface area contributed by atoms with E-state index in [9.17, 15) is 18.0 Å². The van der Waals surface area contributed by atoms with E-state index in [-0.39, 0.29) is 6.01 Å². The maximum Gasteiger partial charge on any atom is 0.437 e. The quantitative estimate of drug-likeness (QED) is 0.919. The molecule has 0 unspecified atom stereocenters. The van der Waals surface area contributed by atoms with E-state index in [1.54, 1.807) is 12.1 Å². The van der Waals surface area contributed by atoms with Gasteiger partial charge in [0.15, 0.2) is 5.69 Å². The number of aromatic nitrogens is 1. The van der Waals surface area contributed by atoms with Gasteiger partial charge in [-0.15, -0.1) is 0 Å². The van der Waals surface area contributed by atoms with Crippen LogP contribution >= 0.6 is 0 Å². The molecule has 0 aliphatic carbocycles. The number of fused-ring (bicyclic) bond motifs is 1. The Balaban J connectivity index is 2.09. The average Bonchev–Trinajstić information content (AvgIpc) is 2.92. The maximum absolute atomic E-state index is 12.9. The van der Waals surface area contributed by atoms with Gasteiger partial charge in [-0.05, 0) is 24.5 Å². The molecule has 0 saturated heterocycles. The predicted molar refractivity (Wildman–Crippen MR) is 70.2 cm³/mol. The van der Waals surface area contributed by atoms with Gasteiger partial charge < -0.3 is 9.52 Å². The third-order valence-corrected chi connectivity index (χ3v) is 3.42. The third-order valence-electron chi connectivity index (χ3n) is 3.42. The number of benzene rings is 1. The van der Waals surface area contributed by atoms with E-state index in [1.807, 2.05) is 12.1 Å². The summed E-state index contributed by atoms with van der Waals surface area (Å²) in [6, 6.07) is 6.85. The molecule has 0 fully saturated rings. The van der Waals surface area contributed by atoms with Gasteiger partial charge >= 0.3 is 18.2 Å². The highest BCUT2D eigenvalue weighted by Crippen LogP contribution is 2.38. The van der Waals surface area contributed by atoms with Gasteiger partial charge in [0, 0.05) is 12.2 Å². The summed E-state index contributed by atoms with van der Waals surface area (Å²) < 4.78 is 43.5. The SMILES string of the molecule is O=C(O)c1oc(N2CCCc3ccccc32)nc1C(F)(F)F. The summed E-state index contributed by atoms with van der Waals surface area (Å²) in [6.07, 6.45) is -3.38. The molecule has 0 amide bonds. The summed E-state index contributed by atoms with van der Waals surface area (Å²) in [4.78, 5) is 15.8. The van der Waals surface area contributed by atoms with Crippen LogP contribution in [-0.2, 0) is 12.6 Å². The zero-order chi connectivity index (χ0) is 15.9. The molecular weight excluding hydrogens is 301 g/mol. The second kappa shape index (κ2) is 5.04. The van der Waals surface area contributed by atoms with Gasteiger partial charge in [-0.1, -0.05) is 18.2 Å². The lowest BCUT2D eigenvalue weighted by molar-refractivity contribution is -0.141. The van der Waals surface area contributed by atoms with Gasteiger partial charge in [0.05, 0.1) is 0 Å². The highest BCUT2D eigenvalue weighted by molar-refractivity contribution is 5.86. The Morgan fingerprint density at radius 1 is 1.32 bits per heavy atom. The Morgan fingerprint density at radius 3 is 2.68 bits per heavy atom. The summed E-state index contributed by atoms with van der Waals surface area (Å²) in [7, 11) is 0. The van der Waals surface area contributed by atoms with Gasteiger partial charge in [-0.25, -0.2) is 4.79 Å². The van der Waals surface area contributed by atoms with Crippen molar-refractivity contribution in [1.82, 2.24) is 4.98 Å². The summed E-state index contributed by atoms with van der Waals surface area (Å²) in [6.45, 7) is 0.411. The number of hydrogen-bond acceptors (Lipinski definition) is 4. The molecule has 3 rings (SSSR count). The van der Waals surface area contributed by atoms with Gasteiger partial charge in [0.1, 0.15) is 0 Å². The Bertz CT molecular complexity index is 724. The number of hydrogen-bond donors (Lipinski definition) is 1. The molecule has 0 saturated carbocycles. The van der Waals surface area contributed by atoms with Crippen molar-refractivity contribution in [2.75, 3.05) is 11.4 Å². The van der Waals surface area contributed by atoms with Crippen molar-refractivity contribution < 1.29 is 27.5 Å². The molecule has 8 heteroatoms. The van der Waals surface area contributed by atoms with E-state index in [0.717, 1.165) is 12.0 Å². The van der Waals surface area contributed by atoms with Crippen LogP contribution in [0.4, 0.5) is 24.9 Å². The van der Waals surface area contributed by atoms with E-state index in [2.05, 4.69) is 4.98 Å². The smallest absolute Gasteiger partial charge is 0.437 e. The van der Waals surface area contributed by atoms with Crippen molar-refractivity contribution in [1.29, 1.82) is 0 Å². The van der Waals surface area contributed by atoms with Crippen molar-refractivity contribution in [2.45, 2.75) is 19.0 Å². The van der Waals surface area contributed by atoms with Crippen LogP contribution in [0.3, 0.4) is 0 Å². The molecule has 2 heterocycles. The molecule has 116 valence electrons. The molecule has 1 aliphatic rings. The van der Waals surface area contributed by atoms with E-state index < -0.39 is 23.6 Å². The normalized spacial score (nSPS) is 14.8. The Labute approximate surface area is 123 Å². The fourth-order valence-corrected chi connectivity index (χ4v) is 2.49. The first kappa shape index (κ1) is 14.4. The van der Waals surface area contributed by atoms with Crippen LogP contribution < -0.4 is 4.90 Å². The number of carboxylic acids is 1. The van der Waals surface area contributed by atoms with Gasteiger partial charge in [0.2, 0.25) is 5.76 Å². The van der Waals surface area contributed by atoms with Crippen LogP contribution in [0.25, 0.3) is 0 Å². The molecule has 0 radical (unpaired) electrons. The van der Waals surface area contributed by atoms with Crippen LogP contribution in [0.5, 0.6) is 0 Å². The lowest BCUT2D eigenvalue weighted by atomic mass is 10.0. The Hall–Kier alpha value is -2.51. The van der Waals surface area contributed by atoms with Crippen LogP contribution in [0, 0.1) is 0 Å². The highest BCUT2D eigenvalue weighted by atomic mass is 19.4. The number of rotatable bonds is 2. The average molecular weight is 312 g/mol. The lowest BCUT2D eigenvalue weighted by Gasteiger charge is -2.27. The standard InChI is InChI=1S/C14H11F3N2O3/c15-14(16,17)11-10(12(20)21)22-13(18-11)19-7-3-5-8-4-1-2-6-9(8)19/h1-2,4,6H,3,5,7H2,(H,20,21). The number of carbonyl (C=O) groups is 1. The third kappa shape index (κ3) is 2.40. The molecule has 1 N–H and O–H groups in total. The number of anilines is 2. The summed E-state index contributed by atoms with van der Waals surface area (Å²) >= 11 is 0. The zero-order valence-corrected chi connectivity index (χ0v) is 11.2. The minimum absolute atomic E-state index is 0.350. The second-order valence-corrected chi connectivity index (χ2v) is 4.86. The molecule has 0 bridgehead atoms. The first-order valence-corrected chi connectivity index (χ1v) is 6.54. The topological polar surface area (TPSA) is 66.6 Å². The number of aromatic carboxylic acids is 1. The van der Waals surface area contributed by atoms with E-state index in [4.69, 9.17) is 9.52 Å². The van der Waals surface area contributed by atoms with E-state index >= 15 is 0 Å². The van der Waals surface area contributed by atoms with Gasteiger partial charge in [-0.3, -0.25) is 4.90 Å². The summed E-state index contributed by atoms with van der Waals surface area (Å²) in [5, 5.41) is 8.88. The van der Waals surface area contributed by atoms with Crippen molar-refractivity contribution >= 4 is 17.7 Å². The fraction of sp³-hybridized carbons (Fsp3) is 0.286. The van der Waals surface area contributed by atoms with Crippen molar-refractivity contribution in [3.63, 3.8) is 0 Å².